The predicted octanol–water partition coefficient (Wildman–Crippen LogP) is 1.41. The van der Waals surface area contributed by atoms with E-state index in [1.54, 1.807) is 12.1 Å². The number of fused-ring (bicyclic) bond motifs is 1. The normalized spacial score (nSPS) is 16.4. The zero-order valence-corrected chi connectivity index (χ0v) is 16.8. The van der Waals surface area contributed by atoms with Crippen LogP contribution in [-0.4, -0.2) is 61.4 Å². The second-order valence-corrected chi connectivity index (χ2v) is 8.57. The molecule has 9 heteroatoms. The van der Waals surface area contributed by atoms with Crippen LogP contribution in [0.15, 0.2) is 52.4 Å². The van der Waals surface area contributed by atoms with Crippen molar-refractivity contribution in [2.24, 2.45) is 4.99 Å². The topological polar surface area (TPSA) is 119 Å². The highest BCUT2D eigenvalue weighted by Gasteiger charge is 2.30. The fraction of sp³-hybridized carbons (Fsp3) is 0.300. The van der Waals surface area contributed by atoms with Gasteiger partial charge < -0.3 is 15.5 Å². The first-order chi connectivity index (χ1) is 13.9. The first-order valence-corrected chi connectivity index (χ1v) is 10.6. The third-order valence-electron chi connectivity index (χ3n) is 4.70. The summed E-state index contributed by atoms with van der Waals surface area (Å²) in [7, 11) is -3.89. The Morgan fingerprint density at radius 1 is 1.14 bits per heavy atom. The van der Waals surface area contributed by atoms with Crippen LogP contribution in [0.25, 0.3) is 0 Å². The lowest BCUT2D eigenvalue weighted by Gasteiger charge is -2.20. The van der Waals surface area contributed by atoms with E-state index in [4.69, 9.17) is 10.2 Å². The molecule has 2 aromatic rings. The number of carbonyl (C=O) groups excluding carboxylic acids is 1. The van der Waals surface area contributed by atoms with E-state index in [1.165, 1.54) is 18.3 Å². The largest absolute Gasteiger partial charge is 0.395 e. The molecule has 29 heavy (non-hydrogen) atoms. The van der Waals surface area contributed by atoms with Crippen LogP contribution in [0.3, 0.4) is 0 Å². The molecule has 1 atom stereocenters. The van der Waals surface area contributed by atoms with Crippen molar-refractivity contribution in [1.82, 2.24) is 4.31 Å². The summed E-state index contributed by atoms with van der Waals surface area (Å²) in [6.07, 6.45) is 1.51. The van der Waals surface area contributed by atoms with Crippen molar-refractivity contribution in [3.05, 3.63) is 53.6 Å². The molecule has 154 valence electrons. The first-order valence-electron chi connectivity index (χ1n) is 9.15. The van der Waals surface area contributed by atoms with Crippen LogP contribution >= 0.6 is 0 Å². The average Bonchev–Trinajstić information content (AvgIpc) is 3.03. The minimum atomic E-state index is -3.89. The van der Waals surface area contributed by atoms with Crippen molar-refractivity contribution in [2.45, 2.75) is 17.7 Å². The first kappa shape index (κ1) is 21.1. The number of anilines is 1. The number of aryl methyl sites for hydroxylation is 1. The van der Waals surface area contributed by atoms with E-state index < -0.39 is 15.9 Å². The molecule has 8 nitrogen and oxygen atoms in total. The Morgan fingerprint density at radius 3 is 2.52 bits per heavy atom. The molecule has 0 spiro atoms. The van der Waals surface area contributed by atoms with Crippen LogP contribution in [0.5, 0.6) is 0 Å². The van der Waals surface area contributed by atoms with Crippen LogP contribution < -0.4 is 5.32 Å². The number of amides is 1. The van der Waals surface area contributed by atoms with Gasteiger partial charge in [-0.2, -0.15) is 4.31 Å². The number of hydrogen-bond donors (Lipinski definition) is 3. The summed E-state index contributed by atoms with van der Waals surface area (Å²) in [5.74, 6) is -0.731. The average molecular weight is 417 g/mol. The SMILES string of the molecule is Cc1cccc2c1C(C=Nc1cccc(S(=O)(=O)N(CCO)CCO)c1)C(=O)N2. The van der Waals surface area contributed by atoms with Crippen molar-refractivity contribution in [2.75, 3.05) is 31.6 Å². The van der Waals surface area contributed by atoms with E-state index in [2.05, 4.69) is 10.3 Å². The van der Waals surface area contributed by atoms with E-state index in [0.29, 0.717) is 5.69 Å². The third kappa shape index (κ3) is 4.38. The molecule has 3 rings (SSSR count). The molecule has 0 aliphatic carbocycles. The fourth-order valence-electron chi connectivity index (χ4n) is 3.30. The fourth-order valence-corrected chi connectivity index (χ4v) is 4.76. The summed E-state index contributed by atoms with van der Waals surface area (Å²) in [4.78, 5) is 16.6. The van der Waals surface area contributed by atoms with E-state index in [1.807, 2.05) is 25.1 Å². The Morgan fingerprint density at radius 2 is 1.83 bits per heavy atom. The summed E-state index contributed by atoms with van der Waals surface area (Å²) in [5, 5.41) is 21.0. The lowest BCUT2D eigenvalue weighted by Crippen LogP contribution is -2.35. The lowest BCUT2D eigenvalue weighted by molar-refractivity contribution is -0.115. The van der Waals surface area contributed by atoms with Gasteiger partial charge in [0.05, 0.1) is 23.8 Å². The molecule has 0 bridgehead atoms. The van der Waals surface area contributed by atoms with Gasteiger partial charge in [0.25, 0.3) is 0 Å². The highest BCUT2D eigenvalue weighted by molar-refractivity contribution is 7.89. The Labute approximate surface area is 169 Å². The number of aliphatic hydroxyl groups excluding tert-OH is 2. The molecule has 1 aliphatic heterocycles. The summed E-state index contributed by atoms with van der Waals surface area (Å²) in [6, 6.07) is 11.7. The van der Waals surface area contributed by atoms with Gasteiger partial charge in [-0.25, -0.2) is 8.42 Å². The monoisotopic (exact) mass is 417 g/mol. The van der Waals surface area contributed by atoms with Gasteiger partial charge in [-0.05, 0) is 42.3 Å². The van der Waals surface area contributed by atoms with E-state index in [-0.39, 0.29) is 37.1 Å². The quantitative estimate of drug-likeness (QED) is 0.561. The zero-order chi connectivity index (χ0) is 21.0. The Bertz CT molecular complexity index is 1030. The maximum atomic E-state index is 12.8. The van der Waals surface area contributed by atoms with Gasteiger partial charge in [-0.1, -0.05) is 18.2 Å². The molecule has 0 saturated heterocycles. The van der Waals surface area contributed by atoms with Crippen LogP contribution in [-0.2, 0) is 14.8 Å². The van der Waals surface area contributed by atoms with Gasteiger partial charge in [0, 0.05) is 25.0 Å². The predicted molar refractivity (Wildman–Crippen MR) is 110 cm³/mol. The smallest absolute Gasteiger partial charge is 0.243 e. The second-order valence-electron chi connectivity index (χ2n) is 6.63. The van der Waals surface area contributed by atoms with Gasteiger partial charge in [0.15, 0.2) is 0 Å². The highest BCUT2D eigenvalue weighted by atomic mass is 32.2. The molecule has 3 N–H and O–H groups in total. The third-order valence-corrected chi connectivity index (χ3v) is 6.60. The molecule has 2 aromatic carbocycles. The number of nitrogens with one attached hydrogen (secondary N) is 1. The summed E-state index contributed by atoms with van der Waals surface area (Å²) in [5.41, 5.74) is 2.97. The number of nitrogens with zero attached hydrogens (tertiary/aromatic N) is 2. The number of aliphatic imine (C=N–C) groups is 1. The molecule has 1 unspecified atom stereocenters. The Balaban J connectivity index is 1.89. The number of benzene rings is 2. The van der Waals surface area contributed by atoms with Gasteiger partial charge >= 0.3 is 0 Å². The molecule has 0 radical (unpaired) electrons. The summed E-state index contributed by atoms with van der Waals surface area (Å²) < 4.78 is 26.6. The zero-order valence-electron chi connectivity index (χ0n) is 15.9. The van der Waals surface area contributed by atoms with Crippen LogP contribution in [0.2, 0.25) is 0 Å². The van der Waals surface area contributed by atoms with Crippen LogP contribution in [0.4, 0.5) is 11.4 Å². The summed E-state index contributed by atoms with van der Waals surface area (Å²) >= 11 is 0. The number of rotatable bonds is 8. The van der Waals surface area contributed by atoms with Crippen molar-refractivity contribution >= 4 is 33.5 Å². The second kappa shape index (κ2) is 8.83. The van der Waals surface area contributed by atoms with Gasteiger partial charge in [0.2, 0.25) is 15.9 Å². The van der Waals surface area contributed by atoms with Crippen LogP contribution in [0.1, 0.15) is 17.0 Å². The molecular weight excluding hydrogens is 394 g/mol. The lowest BCUT2D eigenvalue weighted by atomic mass is 9.97. The maximum Gasteiger partial charge on any atom is 0.243 e. The summed E-state index contributed by atoms with van der Waals surface area (Å²) in [6.45, 7) is 0.979. The molecule has 0 aromatic heterocycles. The standard InChI is InChI=1S/C20H23N3O5S/c1-14-4-2-7-18-19(14)17(20(26)22-18)13-21-15-5-3-6-16(12-15)29(27,28)23(8-10-24)9-11-25/h2-7,12-13,17,24-25H,8-11H2,1H3,(H,22,26). The minimum absolute atomic E-state index is 0.00139. The number of sulfonamides is 1. The molecule has 0 saturated carbocycles. The van der Waals surface area contributed by atoms with Crippen LogP contribution in [0, 0.1) is 6.92 Å². The molecule has 1 amide bonds. The van der Waals surface area contributed by atoms with Gasteiger partial charge in [-0.3, -0.25) is 9.79 Å². The number of carbonyl (C=O) groups is 1. The van der Waals surface area contributed by atoms with Crippen molar-refractivity contribution < 1.29 is 23.4 Å². The van der Waals surface area contributed by atoms with Crippen molar-refractivity contribution in [3.8, 4) is 0 Å². The minimum Gasteiger partial charge on any atom is -0.395 e. The van der Waals surface area contributed by atoms with Gasteiger partial charge in [0.1, 0.15) is 5.92 Å². The highest BCUT2D eigenvalue weighted by Crippen LogP contribution is 2.34. The Hall–Kier alpha value is -2.59. The van der Waals surface area contributed by atoms with E-state index >= 15 is 0 Å². The molecule has 1 aliphatic rings. The Kier molecular flexibility index (Phi) is 6.43. The van der Waals surface area contributed by atoms with Crippen molar-refractivity contribution in [3.63, 3.8) is 0 Å². The van der Waals surface area contributed by atoms with Crippen molar-refractivity contribution in [1.29, 1.82) is 0 Å². The maximum absolute atomic E-state index is 12.8. The van der Waals surface area contributed by atoms with E-state index in [9.17, 15) is 13.2 Å². The molecular formula is C20H23N3O5S. The number of aliphatic hydroxyl groups is 2. The number of hydrogen-bond acceptors (Lipinski definition) is 6. The molecule has 1 heterocycles. The van der Waals surface area contributed by atoms with E-state index in [0.717, 1.165) is 21.1 Å². The molecule has 0 fully saturated rings. The van der Waals surface area contributed by atoms with Gasteiger partial charge in [-0.15, -0.1) is 0 Å².